The Bertz CT molecular complexity index is 564. The molecule has 0 atom stereocenters. The molecule has 0 bridgehead atoms. The number of halogens is 1. The summed E-state index contributed by atoms with van der Waals surface area (Å²) in [7, 11) is 3.53. The monoisotopic (exact) mass is 278 g/mol. The molecule has 0 aliphatic heterocycles. The van der Waals surface area contributed by atoms with Gasteiger partial charge in [0, 0.05) is 37.9 Å². The molecular formula is C13H15ClN4O. The van der Waals surface area contributed by atoms with Gasteiger partial charge in [0.15, 0.2) is 5.82 Å². The number of anilines is 1. The first-order valence-electron chi connectivity index (χ1n) is 5.81. The molecule has 0 fully saturated rings. The van der Waals surface area contributed by atoms with Gasteiger partial charge in [0.25, 0.3) is 0 Å². The van der Waals surface area contributed by atoms with Gasteiger partial charge in [0.05, 0.1) is 0 Å². The summed E-state index contributed by atoms with van der Waals surface area (Å²) in [4.78, 5) is 13.5. The third-order valence-electron chi connectivity index (χ3n) is 2.63. The molecule has 1 aromatic carbocycles. The molecular weight excluding hydrogens is 264 g/mol. The number of amides is 2. The van der Waals surface area contributed by atoms with E-state index in [0.29, 0.717) is 17.4 Å². The Balaban J connectivity index is 1.94. The Kier molecular flexibility index (Phi) is 4.06. The molecule has 6 heteroatoms. The minimum absolute atomic E-state index is 0.200. The quantitative estimate of drug-likeness (QED) is 0.938. The molecule has 2 aromatic rings. The van der Waals surface area contributed by atoms with E-state index in [1.807, 2.05) is 12.1 Å². The maximum atomic E-state index is 11.9. The van der Waals surface area contributed by atoms with Crippen molar-refractivity contribution in [2.45, 2.75) is 6.54 Å². The number of rotatable bonds is 3. The minimum Gasteiger partial charge on any atom is -0.323 e. The van der Waals surface area contributed by atoms with E-state index in [2.05, 4.69) is 10.4 Å². The first kappa shape index (κ1) is 13.4. The highest BCUT2D eigenvalue weighted by Gasteiger charge is 2.10. The van der Waals surface area contributed by atoms with Crippen molar-refractivity contribution < 1.29 is 4.79 Å². The number of benzene rings is 1. The zero-order chi connectivity index (χ0) is 13.8. The minimum atomic E-state index is -0.200. The van der Waals surface area contributed by atoms with Crippen LogP contribution >= 0.6 is 11.6 Å². The Morgan fingerprint density at radius 3 is 2.63 bits per heavy atom. The van der Waals surface area contributed by atoms with Gasteiger partial charge in [-0.15, -0.1) is 0 Å². The Hall–Kier alpha value is -2.01. The van der Waals surface area contributed by atoms with Gasteiger partial charge >= 0.3 is 6.03 Å². The standard InChI is InChI=1S/C13H15ClN4O/c1-17(9-10-3-5-11(14)6-4-10)13(19)15-12-7-8-18(2)16-12/h3-8H,9H2,1-2H3,(H,15,16,19). The van der Waals surface area contributed by atoms with Gasteiger partial charge in [-0.25, -0.2) is 4.79 Å². The predicted molar refractivity (Wildman–Crippen MR) is 75.1 cm³/mol. The van der Waals surface area contributed by atoms with Crippen LogP contribution in [-0.4, -0.2) is 27.8 Å². The Labute approximate surface area is 116 Å². The summed E-state index contributed by atoms with van der Waals surface area (Å²) in [5.74, 6) is 0.537. The Morgan fingerprint density at radius 1 is 1.37 bits per heavy atom. The smallest absolute Gasteiger partial charge is 0.323 e. The first-order chi connectivity index (χ1) is 9.04. The van der Waals surface area contributed by atoms with Crippen LogP contribution in [0.15, 0.2) is 36.5 Å². The van der Waals surface area contributed by atoms with Gasteiger partial charge in [-0.1, -0.05) is 23.7 Å². The van der Waals surface area contributed by atoms with Gasteiger partial charge in [0.1, 0.15) is 0 Å². The molecule has 0 saturated heterocycles. The average Bonchev–Trinajstić information content (AvgIpc) is 2.77. The maximum absolute atomic E-state index is 11.9. The zero-order valence-electron chi connectivity index (χ0n) is 10.8. The van der Waals surface area contributed by atoms with Crippen molar-refractivity contribution >= 4 is 23.4 Å². The number of urea groups is 1. The molecule has 0 radical (unpaired) electrons. The van der Waals surface area contributed by atoms with Crippen LogP contribution in [0.3, 0.4) is 0 Å². The fraction of sp³-hybridized carbons (Fsp3) is 0.231. The van der Waals surface area contributed by atoms with E-state index < -0.39 is 0 Å². The van der Waals surface area contributed by atoms with Crippen LogP contribution in [0, 0.1) is 0 Å². The van der Waals surface area contributed by atoms with Crippen LogP contribution in [0.1, 0.15) is 5.56 Å². The van der Waals surface area contributed by atoms with E-state index >= 15 is 0 Å². The summed E-state index contributed by atoms with van der Waals surface area (Å²) >= 11 is 5.82. The average molecular weight is 279 g/mol. The summed E-state index contributed by atoms with van der Waals surface area (Å²) in [6.07, 6.45) is 1.77. The number of hydrogen-bond donors (Lipinski definition) is 1. The lowest BCUT2D eigenvalue weighted by Crippen LogP contribution is -2.31. The zero-order valence-corrected chi connectivity index (χ0v) is 11.6. The fourth-order valence-corrected chi connectivity index (χ4v) is 1.75. The normalized spacial score (nSPS) is 10.3. The number of carbonyl (C=O) groups excluding carboxylic acids is 1. The first-order valence-corrected chi connectivity index (χ1v) is 6.18. The van der Waals surface area contributed by atoms with Gasteiger partial charge in [-0.05, 0) is 17.7 Å². The van der Waals surface area contributed by atoms with Crippen molar-refractivity contribution in [1.29, 1.82) is 0 Å². The van der Waals surface area contributed by atoms with Gasteiger partial charge in [-0.3, -0.25) is 10.00 Å². The summed E-state index contributed by atoms with van der Waals surface area (Å²) in [6, 6.07) is 8.95. The van der Waals surface area contributed by atoms with Crippen LogP contribution in [-0.2, 0) is 13.6 Å². The van der Waals surface area contributed by atoms with Crippen molar-refractivity contribution in [1.82, 2.24) is 14.7 Å². The second-order valence-electron chi connectivity index (χ2n) is 4.29. The topological polar surface area (TPSA) is 50.2 Å². The highest BCUT2D eigenvalue weighted by molar-refractivity contribution is 6.30. The summed E-state index contributed by atoms with van der Waals surface area (Å²) in [6.45, 7) is 0.510. The second kappa shape index (κ2) is 5.75. The summed E-state index contributed by atoms with van der Waals surface area (Å²) in [5, 5.41) is 7.50. The van der Waals surface area contributed by atoms with E-state index in [9.17, 15) is 4.79 Å². The van der Waals surface area contributed by atoms with Crippen LogP contribution < -0.4 is 5.32 Å². The predicted octanol–water partition coefficient (Wildman–Crippen LogP) is 2.74. The van der Waals surface area contributed by atoms with Crippen LogP contribution in [0.4, 0.5) is 10.6 Å². The maximum Gasteiger partial charge on any atom is 0.323 e. The molecule has 0 aliphatic carbocycles. The van der Waals surface area contributed by atoms with Crippen molar-refractivity contribution in [3.05, 3.63) is 47.1 Å². The Morgan fingerprint density at radius 2 is 2.05 bits per heavy atom. The largest absolute Gasteiger partial charge is 0.323 e. The van der Waals surface area contributed by atoms with E-state index in [1.165, 1.54) is 0 Å². The highest BCUT2D eigenvalue weighted by Crippen LogP contribution is 2.11. The number of carbonyl (C=O) groups is 1. The van der Waals surface area contributed by atoms with Gasteiger partial charge < -0.3 is 4.90 Å². The molecule has 0 aliphatic rings. The van der Waals surface area contributed by atoms with Crippen molar-refractivity contribution in [3.63, 3.8) is 0 Å². The molecule has 0 unspecified atom stereocenters. The molecule has 2 amide bonds. The third-order valence-corrected chi connectivity index (χ3v) is 2.88. The molecule has 1 heterocycles. The molecule has 100 valence electrons. The van der Waals surface area contributed by atoms with Crippen LogP contribution in [0.2, 0.25) is 5.02 Å². The number of hydrogen-bond acceptors (Lipinski definition) is 2. The molecule has 0 saturated carbocycles. The van der Waals surface area contributed by atoms with Crippen molar-refractivity contribution in [2.75, 3.05) is 12.4 Å². The van der Waals surface area contributed by atoms with Crippen molar-refractivity contribution in [3.8, 4) is 0 Å². The SMILES string of the molecule is CN(Cc1ccc(Cl)cc1)C(=O)Nc1ccn(C)n1. The number of nitrogens with one attached hydrogen (secondary N) is 1. The van der Waals surface area contributed by atoms with E-state index in [1.54, 1.807) is 48.1 Å². The fourth-order valence-electron chi connectivity index (χ4n) is 1.62. The highest BCUT2D eigenvalue weighted by atomic mass is 35.5. The van der Waals surface area contributed by atoms with E-state index in [4.69, 9.17) is 11.6 Å². The molecule has 5 nitrogen and oxygen atoms in total. The number of aromatic nitrogens is 2. The lowest BCUT2D eigenvalue weighted by atomic mass is 10.2. The number of nitrogens with zero attached hydrogens (tertiary/aromatic N) is 3. The van der Waals surface area contributed by atoms with Crippen LogP contribution in [0.5, 0.6) is 0 Å². The second-order valence-corrected chi connectivity index (χ2v) is 4.72. The van der Waals surface area contributed by atoms with E-state index in [0.717, 1.165) is 5.56 Å². The van der Waals surface area contributed by atoms with Gasteiger partial charge in [-0.2, -0.15) is 5.10 Å². The molecule has 0 spiro atoms. The number of aryl methyl sites for hydroxylation is 1. The van der Waals surface area contributed by atoms with Crippen molar-refractivity contribution in [2.24, 2.45) is 7.05 Å². The molecule has 1 aromatic heterocycles. The molecule has 1 N–H and O–H groups in total. The summed E-state index contributed by atoms with van der Waals surface area (Å²) < 4.78 is 1.63. The lowest BCUT2D eigenvalue weighted by molar-refractivity contribution is 0.220. The lowest BCUT2D eigenvalue weighted by Gasteiger charge is -2.17. The summed E-state index contributed by atoms with van der Waals surface area (Å²) in [5.41, 5.74) is 1.02. The molecule has 2 rings (SSSR count). The van der Waals surface area contributed by atoms with Crippen LogP contribution in [0.25, 0.3) is 0 Å². The third kappa shape index (κ3) is 3.72. The van der Waals surface area contributed by atoms with E-state index in [-0.39, 0.29) is 6.03 Å². The molecule has 19 heavy (non-hydrogen) atoms. The van der Waals surface area contributed by atoms with Gasteiger partial charge in [0.2, 0.25) is 0 Å².